The minimum absolute atomic E-state index is 0.123. The first-order valence-corrected chi connectivity index (χ1v) is 25.4. The highest BCUT2D eigenvalue weighted by atomic mass is 16.5. The Balaban J connectivity index is 0.000000340. The average Bonchev–Trinajstić information content (AvgIpc) is 3.80. The van der Waals surface area contributed by atoms with Crippen LogP contribution in [0.1, 0.15) is 197 Å². The number of Topliss-reactive ketones (excluding diaryl/α,β-unsaturated/α-hetero) is 2. The van der Waals surface area contributed by atoms with Crippen molar-refractivity contribution in [2.45, 2.75) is 213 Å². The van der Waals surface area contributed by atoms with E-state index in [-0.39, 0.29) is 11.9 Å². The van der Waals surface area contributed by atoms with Crippen molar-refractivity contribution in [1.29, 1.82) is 0 Å². The molecule has 64 heavy (non-hydrogen) atoms. The van der Waals surface area contributed by atoms with Crippen molar-refractivity contribution in [2.75, 3.05) is 14.2 Å². The molecule has 0 unspecified atom stereocenters. The lowest BCUT2D eigenvalue weighted by atomic mass is 9.77. The summed E-state index contributed by atoms with van der Waals surface area (Å²) in [5.74, 6) is 5.90. The van der Waals surface area contributed by atoms with Gasteiger partial charge in [0.15, 0.2) is 0 Å². The summed E-state index contributed by atoms with van der Waals surface area (Å²) in [6.45, 7) is 31.5. The van der Waals surface area contributed by atoms with E-state index >= 15 is 0 Å². The molecular weight excluding hydrogens is 793 g/mol. The second-order valence-corrected chi connectivity index (χ2v) is 21.0. The van der Waals surface area contributed by atoms with Crippen molar-refractivity contribution in [3.05, 3.63) is 66.8 Å². The summed E-state index contributed by atoms with van der Waals surface area (Å²) >= 11 is 0. The van der Waals surface area contributed by atoms with E-state index in [0.29, 0.717) is 85.6 Å². The van der Waals surface area contributed by atoms with Gasteiger partial charge in [-0.15, -0.1) is 0 Å². The molecule has 0 heterocycles. The summed E-state index contributed by atoms with van der Waals surface area (Å²) in [4.78, 5) is 48.9. The van der Waals surface area contributed by atoms with Crippen LogP contribution in [0.15, 0.2) is 0 Å². The lowest BCUT2D eigenvalue weighted by molar-refractivity contribution is -0.141. The van der Waals surface area contributed by atoms with Crippen LogP contribution in [0.2, 0.25) is 0 Å². The van der Waals surface area contributed by atoms with Crippen LogP contribution in [0.3, 0.4) is 0 Å². The minimum Gasteiger partial charge on any atom is -0.469 e. The van der Waals surface area contributed by atoms with Crippen LogP contribution in [0.25, 0.3) is 0 Å². The second-order valence-electron chi connectivity index (χ2n) is 21.0. The first-order valence-electron chi connectivity index (χ1n) is 25.4. The van der Waals surface area contributed by atoms with Gasteiger partial charge in [-0.25, -0.2) is 0 Å². The fourth-order valence-corrected chi connectivity index (χ4v) is 11.9. The summed E-state index contributed by atoms with van der Waals surface area (Å²) in [5, 5.41) is 0. The maximum Gasteiger partial charge on any atom is 0.305 e. The SMILES string of the molecule is COC(=O)CCC[C@@H](CCC(=O)CCc1c(C)c(C)c(C)c(C)c1C)[C@H]1CC[C@@H](C)[C@H]1C.COC(=O)CCC[C@H](CCC(=O)CCc1c(C)c(C)c(C)c(C)c1C)[C@H]1CC[C@@H](C)[C@H]1C. The van der Waals surface area contributed by atoms with Gasteiger partial charge in [-0.05, 0) is 248 Å². The smallest absolute Gasteiger partial charge is 0.305 e. The number of hydrogen-bond acceptors (Lipinski definition) is 6. The first-order chi connectivity index (χ1) is 30.2. The Hall–Kier alpha value is -3.28. The Labute approximate surface area is 391 Å². The van der Waals surface area contributed by atoms with Gasteiger partial charge in [-0.2, -0.15) is 0 Å². The maximum absolute atomic E-state index is 12.9. The van der Waals surface area contributed by atoms with Crippen LogP contribution in [0.4, 0.5) is 0 Å². The number of carbonyl (C=O) groups is 4. The molecule has 0 aromatic heterocycles. The fraction of sp³-hybridized carbons (Fsp3) is 0.724. The lowest BCUT2D eigenvalue weighted by Gasteiger charge is -2.28. The van der Waals surface area contributed by atoms with Gasteiger partial charge in [0.05, 0.1) is 14.2 Å². The van der Waals surface area contributed by atoms with Gasteiger partial charge in [0.25, 0.3) is 0 Å². The predicted octanol–water partition coefficient (Wildman–Crippen LogP) is 14.3. The van der Waals surface area contributed by atoms with Crippen LogP contribution in [0.5, 0.6) is 0 Å². The van der Waals surface area contributed by atoms with Gasteiger partial charge in [-0.1, -0.05) is 40.5 Å². The molecule has 360 valence electrons. The molecule has 2 aromatic carbocycles. The molecular formula is C58H92O6. The molecule has 0 saturated heterocycles. The fourth-order valence-electron chi connectivity index (χ4n) is 11.9. The predicted molar refractivity (Wildman–Crippen MR) is 266 cm³/mol. The van der Waals surface area contributed by atoms with Gasteiger partial charge < -0.3 is 9.47 Å². The van der Waals surface area contributed by atoms with Crippen molar-refractivity contribution in [1.82, 2.24) is 0 Å². The van der Waals surface area contributed by atoms with Gasteiger partial charge in [0.2, 0.25) is 0 Å². The zero-order chi connectivity index (χ0) is 48.0. The Bertz CT molecular complexity index is 1690. The second kappa shape index (κ2) is 26.2. The van der Waals surface area contributed by atoms with Crippen LogP contribution in [-0.4, -0.2) is 37.7 Å². The number of carbonyl (C=O) groups excluding carboxylic acids is 4. The molecule has 6 nitrogen and oxygen atoms in total. The number of methoxy groups -OCH3 is 2. The maximum atomic E-state index is 12.9. The molecule has 6 heteroatoms. The number of hydrogen-bond donors (Lipinski definition) is 0. The first kappa shape index (κ1) is 55.1. The molecule has 0 amide bonds. The molecule has 4 rings (SSSR count). The monoisotopic (exact) mass is 885 g/mol. The Kier molecular flexibility index (Phi) is 22.5. The van der Waals surface area contributed by atoms with Crippen LogP contribution in [-0.2, 0) is 41.5 Å². The van der Waals surface area contributed by atoms with Gasteiger partial charge in [0, 0.05) is 38.5 Å². The van der Waals surface area contributed by atoms with Crippen molar-refractivity contribution >= 4 is 23.5 Å². The van der Waals surface area contributed by atoms with E-state index in [1.165, 1.54) is 107 Å². The van der Waals surface area contributed by atoms with E-state index in [4.69, 9.17) is 9.47 Å². The molecule has 8 atom stereocenters. The van der Waals surface area contributed by atoms with Crippen LogP contribution >= 0.6 is 0 Å². The Morgan fingerprint density at radius 2 is 0.719 bits per heavy atom. The molecule has 2 aromatic rings. The molecule has 0 N–H and O–H groups in total. The largest absolute Gasteiger partial charge is 0.469 e. The molecule has 0 bridgehead atoms. The molecule has 0 radical (unpaired) electrons. The highest BCUT2D eigenvalue weighted by Gasteiger charge is 2.36. The molecule has 0 aliphatic heterocycles. The van der Waals surface area contributed by atoms with Crippen molar-refractivity contribution in [3.8, 4) is 0 Å². The Morgan fingerprint density at radius 3 is 0.984 bits per heavy atom. The lowest BCUT2D eigenvalue weighted by Crippen LogP contribution is -2.21. The highest BCUT2D eigenvalue weighted by molar-refractivity contribution is 5.79. The van der Waals surface area contributed by atoms with E-state index in [1.54, 1.807) is 0 Å². The number of rotatable bonds is 22. The van der Waals surface area contributed by atoms with E-state index in [9.17, 15) is 19.2 Å². The number of ether oxygens (including phenoxy) is 2. The quantitative estimate of drug-likeness (QED) is 0.109. The molecule has 2 aliphatic carbocycles. The summed E-state index contributed by atoms with van der Waals surface area (Å²) in [7, 11) is 2.92. The average molecular weight is 885 g/mol. The third-order valence-electron chi connectivity index (χ3n) is 17.8. The third kappa shape index (κ3) is 14.9. The normalized spacial score (nSPS) is 21.6. The van der Waals surface area contributed by atoms with E-state index in [0.717, 1.165) is 63.2 Å². The van der Waals surface area contributed by atoms with Crippen molar-refractivity contribution < 1.29 is 28.7 Å². The minimum atomic E-state index is -0.123. The van der Waals surface area contributed by atoms with E-state index < -0.39 is 0 Å². The summed E-state index contributed by atoms with van der Waals surface area (Å²) < 4.78 is 9.64. The van der Waals surface area contributed by atoms with Gasteiger partial charge in [-0.3, -0.25) is 19.2 Å². The Morgan fingerprint density at radius 1 is 0.422 bits per heavy atom. The molecule has 2 saturated carbocycles. The summed E-state index contributed by atoms with van der Waals surface area (Å²) in [6, 6.07) is 0. The summed E-state index contributed by atoms with van der Waals surface area (Å²) in [5.41, 5.74) is 16.4. The third-order valence-corrected chi connectivity index (χ3v) is 17.8. The molecule has 2 fully saturated rings. The number of esters is 2. The van der Waals surface area contributed by atoms with Gasteiger partial charge in [0.1, 0.15) is 11.6 Å². The molecule has 0 spiro atoms. The zero-order valence-corrected chi connectivity index (χ0v) is 43.8. The topological polar surface area (TPSA) is 86.7 Å². The van der Waals surface area contributed by atoms with Crippen molar-refractivity contribution in [2.24, 2.45) is 47.3 Å². The van der Waals surface area contributed by atoms with Crippen LogP contribution in [0, 0.1) is 117 Å². The van der Waals surface area contributed by atoms with Crippen LogP contribution < -0.4 is 0 Å². The molecule has 2 aliphatic rings. The highest BCUT2D eigenvalue weighted by Crippen LogP contribution is 2.45. The number of ketones is 2. The summed E-state index contributed by atoms with van der Waals surface area (Å²) in [6.07, 6.45) is 16.1. The van der Waals surface area contributed by atoms with Gasteiger partial charge >= 0.3 is 11.9 Å². The standard InChI is InChI=1S/2C29H46O3/c2*1-18-12-16-28(19(18)2)25(10-9-11-29(31)32-8)13-14-26(30)15-17-27-23(6)21(4)20(3)22(5)24(27)7/h2*18-19,25,28H,9-17H2,1-8H3/t18-,19-,25+,28+;18-,19-,25-,28+/m11/s1. The van der Waals surface area contributed by atoms with E-state index in [2.05, 4.69) is 96.9 Å². The van der Waals surface area contributed by atoms with Crippen molar-refractivity contribution in [3.63, 3.8) is 0 Å². The number of benzene rings is 2. The van der Waals surface area contributed by atoms with E-state index in [1.807, 2.05) is 0 Å². The zero-order valence-electron chi connectivity index (χ0n) is 43.8.